The Morgan fingerprint density at radius 1 is 1.29 bits per heavy atom. The second-order valence-electron chi connectivity index (χ2n) is 6.65. The average molecular weight is 296 g/mol. The quantitative estimate of drug-likeness (QED) is 0.748. The number of amides is 2. The van der Waals surface area contributed by atoms with Gasteiger partial charge in [0.15, 0.2) is 0 Å². The molecule has 0 aromatic carbocycles. The van der Waals surface area contributed by atoms with Gasteiger partial charge < -0.3 is 10.2 Å². The first-order valence-corrected chi connectivity index (χ1v) is 8.50. The molecular formula is C17H32N2O2. The maximum atomic E-state index is 12.4. The molecule has 122 valence electrons. The molecule has 1 rings (SSSR count). The van der Waals surface area contributed by atoms with Crippen molar-refractivity contribution >= 4 is 11.8 Å². The van der Waals surface area contributed by atoms with Gasteiger partial charge in [0.25, 0.3) is 0 Å². The van der Waals surface area contributed by atoms with Gasteiger partial charge in [-0.3, -0.25) is 9.59 Å². The molecule has 0 saturated carbocycles. The molecular weight excluding hydrogens is 264 g/mol. The lowest BCUT2D eigenvalue weighted by atomic mass is 9.91. The van der Waals surface area contributed by atoms with Gasteiger partial charge in [0.2, 0.25) is 11.8 Å². The molecule has 0 aliphatic carbocycles. The van der Waals surface area contributed by atoms with Crippen LogP contribution in [0.4, 0.5) is 0 Å². The van der Waals surface area contributed by atoms with E-state index in [-0.39, 0.29) is 17.9 Å². The van der Waals surface area contributed by atoms with Crippen LogP contribution in [0.1, 0.15) is 65.7 Å². The molecule has 0 aromatic rings. The molecule has 1 N–H and O–H groups in total. The average Bonchev–Trinajstić information content (AvgIpc) is 2.93. The third-order valence-corrected chi connectivity index (χ3v) is 4.50. The SMILES string of the molecule is CCCCC(C)CC(C)CC(=O)N1CCCC1C(=O)NC. The monoisotopic (exact) mass is 296 g/mol. The van der Waals surface area contributed by atoms with Crippen LogP contribution in [0.2, 0.25) is 0 Å². The zero-order chi connectivity index (χ0) is 15.8. The van der Waals surface area contributed by atoms with Gasteiger partial charge in [-0.1, -0.05) is 40.0 Å². The maximum absolute atomic E-state index is 12.4. The maximum Gasteiger partial charge on any atom is 0.242 e. The minimum absolute atomic E-state index is 0.0233. The summed E-state index contributed by atoms with van der Waals surface area (Å²) in [5.74, 6) is 1.21. The first-order valence-electron chi connectivity index (χ1n) is 8.50. The fourth-order valence-corrected chi connectivity index (χ4v) is 3.36. The molecule has 3 atom stereocenters. The van der Waals surface area contributed by atoms with Crippen LogP contribution in [0.3, 0.4) is 0 Å². The molecule has 1 heterocycles. The van der Waals surface area contributed by atoms with E-state index in [2.05, 4.69) is 26.1 Å². The highest BCUT2D eigenvalue weighted by Gasteiger charge is 2.33. The number of carbonyl (C=O) groups is 2. The summed E-state index contributed by atoms with van der Waals surface area (Å²) in [6.45, 7) is 7.38. The van der Waals surface area contributed by atoms with E-state index >= 15 is 0 Å². The van der Waals surface area contributed by atoms with Gasteiger partial charge in [0.05, 0.1) is 0 Å². The van der Waals surface area contributed by atoms with E-state index in [4.69, 9.17) is 0 Å². The fraction of sp³-hybridized carbons (Fsp3) is 0.882. The van der Waals surface area contributed by atoms with Crippen molar-refractivity contribution in [2.75, 3.05) is 13.6 Å². The smallest absolute Gasteiger partial charge is 0.242 e. The molecule has 0 radical (unpaired) electrons. The number of hydrogen-bond donors (Lipinski definition) is 1. The number of rotatable bonds is 8. The zero-order valence-electron chi connectivity index (χ0n) is 14.2. The summed E-state index contributed by atoms with van der Waals surface area (Å²) in [5.41, 5.74) is 0. The first-order chi connectivity index (χ1) is 9.99. The topological polar surface area (TPSA) is 49.4 Å². The Kier molecular flexibility index (Phi) is 7.76. The van der Waals surface area contributed by atoms with E-state index in [1.165, 1.54) is 19.3 Å². The van der Waals surface area contributed by atoms with Crippen LogP contribution in [0.5, 0.6) is 0 Å². The molecule has 1 fully saturated rings. The lowest BCUT2D eigenvalue weighted by molar-refractivity contribution is -0.139. The number of nitrogens with one attached hydrogen (secondary N) is 1. The van der Waals surface area contributed by atoms with Gasteiger partial charge in [0, 0.05) is 20.0 Å². The van der Waals surface area contributed by atoms with E-state index in [0.29, 0.717) is 18.3 Å². The van der Waals surface area contributed by atoms with Crippen LogP contribution in [-0.2, 0) is 9.59 Å². The van der Waals surface area contributed by atoms with Crippen LogP contribution >= 0.6 is 0 Å². The van der Waals surface area contributed by atoms with Gasteiger partial charge >= 0.3 is 0 Å². The van der Waals surface area contributed by atoms with Crippen molar-refractivity contribution in [3.8, 4) is 0 Å². The summed E-state index contributed by atoms with van der Waals surface area (Å²) < 4.78 is 0. The van der Waals surface area contributed by atoms with E-state index in [1.54, 1.807) is 11.9 Å². The number of nitrogens with zero attached hydrogens (tertiary/aromatic N) is 1. The van der Waals surface area contributed by atoms with Crippen molar-refractivity contribution in [1.29, 1.82) is 0 Å². The normalized spacial score (nSPS) is 21.1. The second-order valence-corrected chi connectivity index (χ2v) is 6.65. The van der Waals surface area contributed by atoms with Crippen LogP contribution in [0, 0.1) is 11.8 Å². The molecule has 1 aliphatic rings. The van der Waals surface area contributed by atoms with Crippen molar-refractivity contribution in [3.63, 3.8) is 0 Å². The molecule has 21 heavy (non-hydrogen) atoms. The van der Waals surface area contributed by atoms with Gasteiger partial charge in [-0.05, 0) is 31.1 Å². The second kappa shape index (κ2) is 9.06. The van der Waals surface area contributed by atoms with Crippen LogP contribution < -0.4 is 5.32 Å². The number of unbranched alkanes of at least 4 members (excludes halogenated alkanes) is 1. The van der Waals surface area contributed by atoms with E-state index in [1.807, 2.05) is 0 Å². The third kappa shape index (κ3) is 5.68. The van der Waals surface area contributed by atoms with Crippen molar-refractivity contribution in [2.24, 2.45) is 11.8 Å². The Morgan fingerprint density at radius 2 is 2.00 bits per heavy atom. The predicted octanol–water partition coefficient (Wildman–Crippen LogP) is 2.97. The largest absolute Gasteiger partial charge is 0.357 e. The Balaban J connectivity index is 2.42. The highest BCUT2D eigenvalue weighted by atomic mass is 16.2. The van der Waals surface area contributed by atoms with Crippen molar-refractivity contribution in [1.82, 2.24) is 10.2 Å². The standard InChI is InChI=1S/C17H32N2O2/c1-5-6-8-13(2)11-14(3)12-16(20)19-10-7-9-15(19)17(21)18-4/h13-15H,5-12H2,1-4H3,(H,18,21). The first kappa shape index (κ1) is 18.0. The summed E-state index contributed by atoms with van der Waals surface area (Å²) in [7, 11) is 1.64. The molecule has 2 amide bonds. The Labute approximate surface area is 129 Å². The Bertz CT molecular complexity index is 344. The van der Waals surface area contributed by atoms with E-state index in [0.717, 1.165) is 25.8 Å². The van der Waals surface area contributed by atoms with Gasteiger partial charge in [0.1, 0.15) is 6.04 Å². The highest BCUT2D eigenvalue weighted by Crippen LogP contribution is 2.24. The van der Waals surface area contributed by atoms with Crippen molar-refractivity contribution < 1.29 is 9.59 Å². The summed E-state index contributed by atoms with van der Waals surface area (Å²) in [4.78, 5) is 26.0. The summed E-state index contributed by atoms with van der Waals surface area (Å²) >= 11 is 0. The highest BCUT2D eigenvalue weighted by molar-refractivity contribution is 5.88. The van der Waals surface area contributed by atoms with Crippen molar-refractivity contribution in [2.45, 2.75) is 71.8 Å². The molecule has 3 unspecified atom stereocenters. The van der Waals surface area contributed by atoms with Crippen LogP contribution in [0.15, 0.2) is 0 Å². The molecule has 0 aromatic heterocycles. The van der Waals surface area contributed by atoms with Crippen molar-refractivity contribution in [3.05, 3.63) is 0 Å². The lowest BCUT2D eigenvalue weighted by Gasteiger charge is -2.25. The third-order valence-electron chi connectivity index (χ3n) is 4.50. The Hall–Kier alpha value is -1.06. The number of hydrogen-bond acceptors (Lipinski definition) is 2. The predicted molar refractivity (Wildman–Crippen MR) is 85.9 cm³/mol. The summed E-state index contributed by atoms with van der Waals surface area (Å²) in [6, 6.07) is -0.243. The molecule has 0 bridgehead atoms. The molecule has 1 aliphatic heterocycles. The van der Waals surface area contributed by atoms with Gasteiger partial charge in [-0.25, -0.2) is 0 Å². The number of carbonyl (C=O) groups excluding carboxylic acids is 2. The number of likely N-dealkylation sites (tertiary alicyclic amines) is 1. The lowest BCUT2D eigenvalue weighted by Crippen LogP contribution is -2.45. The molecule has 4 heteroatoms. The van der Waals surface area contributed by atoms with E-state index < -0.39 is 0 Å². The minimum atomic E-state index is -0.243. The van der Waals surface area contributed by atoms with Crippen LogP contribution in [0.25, 0.3) is 0 Å². The molecule has 1 saturated heterocycles. The molecule has 4 nitrogen and oxygen atoms in total. The van der Waals surface area contributed by atoms with Crippen LogP contribution in [-0.4, -0.2) is 36.3 Å². The summed E-state index contributed by atoms with van der Waals surface area (Å²) in [5, 5.41) is 2.67. The van der Waals surface area contributed by atoms with Gasteiger partial charge in [-0.15, -0.1) is 0 Å². The molecule has 0 spiro atoms. The Morgan fingerprint density at radius 3 is 2.62 bits per heavy atom. The fourth-order valence-electron chi connectivity index (χ4n) is 3.36. The zero-order valence-corrected chi connectivity index (χ0v) is 14.2. The summed E-state index contributed by atoms with van der Waals surface area (Å²) in [6.07, 6.45) is 7.16. The minimum Gasteiger partial charge on any atom is -0.357 e. The van der Waals surface area contributed by atoms with E-state index in [9.17, 15) is 9.59 Å². The number of likely N-dealkylation sites (N-methyl/N-ethyl adjacent to an activating group) is 1. The van der Waals surface area contributed by atoms with Gasteiger partial charge in [-0.2, -0.15) is 0 Å².